The lowest BCUT2D eigenvalue weighted by Crippen LogP contribution is -2.40. The molecule has 0 spiro atoms. The van der Waals surface area contributed by atoms with Gasteiger partial charge in [-0.15, -0.1) is 11.3 Å². The van der Waals surface area contributed by atoms with E-state index in [1.807, 2.05) is 23.4 Å². The van der Waals surface area contributed by atoms with E-state index in [0.29, 0.717) is 13.1 Å². The summed E-state index contributed by atoms with van der Waals surface area (Å²) in [6.07, 6.45) is 2.67. The molecule has 0 bridgehead atoms. The first-order chi connectivity index (χ1) is 11.8. The number of amides is 1. The van der Waals surface area contributed by atoms with Crippen LogP contribution in [0.1, 0.15) is 57.4 Å². The molecule has 1 aliphatic rings. The highest BCUT2D eigenvalue weighted by molar-refractivity contribution is 7.09. The molecule has 0 fully saturated rings. The molecular weight excluding hydrogens is 330 g/mol. The highest BCUT2D eigenvalue weighted by Crippen LogP contribution is 2.27. The molecule has 134 valence electrons. The van der Waals surface area contributed by atoms with E-state index in [4.69, 9.17) is 5.73 Å². The summed E-state index contributed by atoms with van der Waals surface area (Å²) < 4.78 is 0. The Morgan fingerprint density at radius 1 is 1.24 bits per heavy atom. The molecule has 1 aromatic carbocycles. The molecule has 25 heavy (non-hydrogen) atoms. The number of nitrogens with two attached hydrogens (primary N) is 1. The Kier molecular flexibility index (Phi) is 4.98. The van der Waals surface area contributed by atoms with Crippen LogP contribution in [-0.4, -0.2) is 27.9 Å². The standard InChI is InChI=1S/C20H27N3OS/c1-13-9-16-11-23(19(24)17(16)10-14(13)2)8-7-20(4,21)6-5-18-15(3)22-12-25-18/h9-10,12H,5-8,11,21H2,1-4H3. The van der Waals surface area contributed by atoms with Gasteiger partial charge in [-0.05, 0) is 69.7 Å². The van der Waals surface area contributed by atoms with Crippen molar-refractivity contribution in [3.05, 3.63) is 50.5 Å². The minimum Gasteiger partial charge on any atom is -0.334 e. The van der Waals surface area contributed by atoms with Crippen LogP contribution in [0.5, 0.6) is 0 Å². The van der Waals surface area contributed by atoms with E-state index in [0.717, 1.165) is 36.1 Å². The topological polar surface area (TPSA) is 59.2 Å². The number of aromatic nitrogens is 1. The van der Waals surface area contributed by atoms with Crippen LogP contribution in [0.2, 0.25) is 0 Å². The Morgan fingerprint density at radius 3 is 2.64 bits per heavy atom. The van der Waals surface area contributed by atoms with Crippen LogP contribution in [0.3, 0.4) is 0 Å². The van der Waals surface area contributed by atoms with Gasteiger partial charge in [0.15, 0.2) is 0 Å². The van der Waals surface area contributed by atoms with Crippen molar-refractivity contribution in [2.45, 2.75) is 59.0 Å². The number of fused-ring (bicyclic) bond motifs is 1. The number of hydrogen-bond donors (Lipinski definition) is 1. The van der Waals surface area contributed by atoms with E-state index in [9.17, 15) is 4.79 Å². The molecule has 2 heterocycles. The summed E-state index contributed by atoms with van der Waals surface area (Å²) in [5.41, 5.74) is 13.7. The smallest absolute Gasteiger partial charge is 0.254 e. The molecule has 1 aliphatic heterocycles. The molecule has 0 aliphatic carbocycles. The van der Waals surface area contributed by atoms with Crippen molar-refractivity contribution >= 4 is 17.2 Å². The highest BCUT2D eigenvalue weighted by Gasteiger charge is 2.29. The Hall–Kier alpha value is -1.72. The predicted molar refractivity (Wildman–Crippen MR) is 103 cm³/mol. The van der Waals surface area contributed by atoms with E-state index in [1.165, 1.54) is 16.0 Å². The van der Waals surface area contributed by atoms with Crippen LogP contribution < -0.4 is 5.73 Å². The van der Waals surface area contributed by atoms with Gasteiger partial charge in [-0.3, -0.25) is 4.79 Å². The zero-order valence-corrected chi connectivity index (χ0v) is 16.4. The zero-order valence-electron chi connectivity index (χ0n) is 15.6. The number of benzene rings is 1. The number of rotatable bonds is 6. The Morgan fingerprint density at radius 2 is 1.96 bits per heavy atom. The molecule has 0 saturated carbocycles. The van der Waals surface area contributed by atoms with Crippen LogP contribution in [0.4, 0.5) is 0 Å². The maximum Gasteiger partial charge on any atom is 0.254 e. The van der Waals surface area contributed by atoms with Crippen LogP contribution in [0.15, 0.2) is 17.6 Å². The van der Waals surface area contributed by atoms with Crippen molar-refractivity contribution < 1.29 is 4.79 Å². The predicted octanol–water partition coefficient (Wildman–Crippen LogP) is 3.76. The fraction of sp³-hybridized carbons (Fsp3) is 0.500. The minimum absolute atomic E-state index is 0.146. The normalized spacial score (nSPS) is 16.2. The van der Waals surface area contributed by atoms with Crippen LogP contribution in [0, 0.1) is 20.8 Å². The summed E-state index contributed by atoms with van der Waals surface area (Å²) in [5.74, 6) is 0.146. The van der Waals surface area contributed by atoms with Crippen molar-refractivity contribution in [1.29, 1.82) is 0 Å². The summed E-state index contributed by atoms with van der Waals surface area (Å²) in [5, 5.41) is 0. The van der Waals surface area contributed by atoms with E-state index < -0.39 is 0 Å². The van der Waals surface area contributed by atoms with E-state index >= 15 is 0 Å². The number of carbonyl (C=O) groups excluding carboxylic acids is 1. The highest BCUT2D eigenvalue weighted by atomic mass is 32.1. The molecule has 1 atom stereocenters. The summed E-state index contributed by atoms with van der Waals surface area (Å²) in [6, 6.07) is 4.18. The maximum atomic E-state index is 12.6. The zero-order chi connectivity index (χ0) is 18.2. The number of hydrogen-bond acceptors (Lipinski definition) is 4. The SMILES string of the molecule is Cc1cc2c(cc1C)C(=O)N(CCC(C)(N)CCc1scnc1C)C2. The van der Waals surface area contributed by atoms with Crippen molar-refractivity contribution in [2.75, 3.05) is 6.54 Å². The first-order valence-corrected chi connectivity index (χ1v) is 9.72. The van der Waals surface area contributed by atoms with Gasteiger partial charge >= 0.3 is 0 Å². The first kappa shape index (κ1) is 18.1. The van der Waals surface area contributed by atoms with E-state index in [1.54, 1.807) is 11.3 Å². The Bertz CT molecular complexity index is 794. The molecule has 1 amide bonds. The van der Waals surface area contributed by atoms with Gasteiger partial charge in [-0.1, -0.05) is 6.07 Å². The van der Waals surface area contributed by atoms with Crippen molar-refractivity contribution in [1.82, 2.24) is 9.88 Å². The fourth-order valence-electron chi connectivity index (χ4n) is 3.31. The number of thiazole rings is 1. The van der Waals surface area contributed by atoms with Crippen LogP contribution in [-0.2, 0) is 13.0 Å². The summed E-state index contributed by atoms with van der Waals surface area (Å²) in [4.78, 5) is 20.2. The van der Waals surface area contributed by atoms with Crippen molar-refractivity contribution in [3.63, 3.8) is 0 Å². The van der Waals surface area contributed by atoms with Gasteiger partial charge in [0.1, 0.15) is 0 Å². The molecule has 2 aromatic rings. The third-order valence-corrected chi connectivity index (χ3v) is 6.31. The molecular formula is C20H27N3OS. The number of aryl methyl sites for hydroxylation is 4. The molecule has 2 N–H and O–H groups in total. The first-order valence-electron chi connectivity index (χ1n) is 8.84. The van der Waals surface area contributed by atoms with Crippen LogP contribution in [0.25, 0.3) is 0 Å². The third-order valence-electron chi connectivity index (χ3n) is 5.32. The second kappa shape index (κ2) is 6.89. The van der Waals surface area contributed by atoms with Crippen LogP contribution >= 0.6 is 11.3 Å². The number of carbonyl (C=O) groups is 1. The molecule has 0 saturated heterocycles. The Labute approximate surface area is 154 Å². The maximum absolute atomic E-state index is 12.6. The van der Waals surface area contributed by atoms with Crippen molar-refractivity contribution in [2.24, 2.45) is 5.73 Å². The molecule has 3 rings (SSSR count). The number of nitrogens with zero attached hydrogens (tertiary/aromatic N) is 2. The van der Waals surface area contributed by atoms with Crippen molar-refractivity contribution in [3.8, 4) is 0 Å². The summed E-state index contributed by atoms with van der Waals surface area (Å²) >= 11 is 1.70. The minimum atomic E-state index is -0.280. The average molecular weight is 358 g/mol. The lowest BCUT2D eigenvalue weighted by Gasteiger charge is -2.27. The van der Waals surface area contributed by atoms with Gasteiger partial charge in [0.05, 0.1) is 11.2 Å². The molecule has 1 unspecified atom stereocenters. The lowest BCUT2D eigenvalue weighted by molar-refractivity contribution is 0.0766. The van der Waals surface area contributed by atoms with E-state index in [2.05, 4.69) is 31.8 Å². The molecule has 5 heteroatoms. The largest absolute Gasteiger partial charge is 0.334 e. The van der Waals surface area contributed by atoms with E-state index in [-0.39, 0.29) is 11.4 Å². The quantitative estimate of drug-likeness (QED) is 0.856. The summed E-state index contributed by atoms with van der Waals surface area (Å²) in [7, 11) is 0. The van der Waals surface area contributed by atoms with Gasteiger partial charge in [0.2, 0.25) is 0 Å². The summed E-state index contributed by atoms with van der Waals surface area (Å²) in [6.45, 7) is 9.71. The third kappa shape index (κ3) is 3.93. The van der Waals surface area contributed by atoms with Gasteiger partial charge in [-0.2, -0.15) is 0 Å². The lowest BCUT2D eigenvalue weighted by atomic mass is 9.92. The Balaban J connectivity index is 1.58. The monoisotopic (exact) mass is 357 g/mol. The molecule has 4 nitrogen and oxygen atoms in total. The molecule has 1 aromatic heterocycles. The van der Waals surface area contributed by atoms with Gasteiger partial charge in [0.25, 0.3) is 5.91 Å². The van der Waals surface area contributed by atoms with Gasteiger partial charge < -0.3 is 10.6 Å². The second-order valence-electron chi connectivity index (χ2n) is 7.59. The second-order valence-corrected chi connectivity index (χ2v) is 8.52. The average Bonchev–Trinajstić information content (AvgIpc) is 3.09. The van der Waals surface area contributed by atoms with Gasteiger partial charge in [-0.25, -0.2) is 4.98 Å². The fourth-order valence-corrected chi connectivity index (χ4v) is 4.10. The van der Waals surface area contributed by atoms with Gasteiger partial charge in [0, 0.05) is 29.1 Å². The molecule has 0 radical (unpaired) electrons.